The van der Waals surface area contributed by atoms with E-state index in [0.717, 1.165) is 18.2 Å². The molecule has 0 saturated carbocycles. The maximum atomic E-state index is 13.5. The SMILES string of the molecule is CCN(CC(=O)O)C(C)c1cc(F)ccc1F. The minimum Gasteiger partial charge on any atom is -0.480 e. The summed E-state index contributed by atoms with van der Waals surface area (Å²) in [7, 11) is 0. The summed E-state index contributed by atoms with van der Waals surface area (Å²) in [6, 6.07) is 2.71. The first-order chi connectivity index (χ1) is 7.95. The van der Waals surface area contributed by atoms with Crippen LogP contribution < -0.4 is 0 Å². The van der Waals surface area contributed by atoms with E-state index < -0.39 is 23.6 Å². The van der Waals surface area contributed by atoms with E-state index in [4.69, 9.17) is 5.11 Å². The van der Waals surface area contributed by atoms with Crippen molar-refractivity contribution >= 4 is 5.97 Å². The molecule has 17 heavy (non-hydrogen) atoms. The molecule has 0 spiro atoms. The molecule has 3 nitrogen and oxygen atoms in total. The first kappa shape index (κ1) is 13.6. The van der Waals surface area contributed by atoms with Crippen LogP contribution >= 0.6 is 0 Å². The van der Waals surface area contributed by atoms with Gasteiger partial charge in [-0.15, -0.1) is 0 Å². The van der Waals surface area contributed by atoms with E-state index in [2.05, 4.69) is 0 Å². The van der Waals surface area contributed by atoms with Crippen LogP contribution in [0.4, 0.5) is 8.78 Å². The number of rotatable bonds is 5. The molecule has 0 aliphatic heterocycles. The van der Waals surface area contributed by atoms with E-state index in [-0.39, 0.29) is 12.1 Å². The predicted molar refractivity (Wildman–Crippen MR) is 59.7 cm³/mol. The van der Waals surface area contributed by atoms with E-state index in [1.54, 1.807) is 18.7 Å². The average molecular weight is 243 g/mol. The Kier molecular flexibility index (Phi) is 4.57. The monoisotopic (exact) mass is 243 g/mol. The molecule has 1 aromatic rings. The summed E-state index contributed by atoms with van der Waals surface area (Å²) in [6.07, 6.45) is 0. The van der Waals surface area contributed by atoms with Gasteiger partial charge in [-0.2, -0.15) is 0 Å². The third-order valence-corrected chi connectivity index (χ3v) is 2.70. The Balaban J connectivity index is 2.96. The summed E-state index contributed by atoms with van der Waals surface area (Å²) in [5.41, 5.74) is 0.174. The van der Waals surface area contributed by atoms with E-state index in [1.807, 2.05) is 0 Å². The summed E-state index contributed by atoms with van der Waals surface area (Å²) < 4.78 is 26.5. The van der Waals surface area contributed by atoms with Gasteiger partial charge in [-0.3, -0.25) is 9.69 Å². The van der Waals surface area contributed by atoms with Crippen LogP contribution in [0, 0.1) is 11.6 Å². The van der Waals surface area contributed by atoms with Crippen LogP contribution in [0.15, 0.2) is 18.2 Å². The molecule has 1 unspecified atom stereocenters. The number of hydrogen-bond donors (Lipinski definition) is 1. The molecule has 0 amide bonds. The second-order valence-electron chi connectivity index (χ2n) is 3.80. The number of carboxylic acid groups (broad SMARTS) is 1. The molecule has 0 aliphatic rings. The van der Waals surface area contributed by atoms with Gasteiger partial charge < -0.3 is 5.11 Å². The number of halogens is 2. The van der Waals surface area contributed by atoms with E-state index >= 15 is 0 Å². The van der Waals surface area contributed by atoms with E-state index in [1.165, 1.54) is 0 Å². The quantitative estimate of drug-likeness (QED) is 0.863. The fraction of sp³-hybridized carbons (Fsp3) is 0.417. The molecule has 1 atom stereocenters. The Hall–Kier alpha value is -1.49. The molecular weight excluding hydrogens is 228 g/mol. The minimum atomic E-state index is -0.990. The molecule has 0 heterocycles. The van der Waals surface area contributed by atoms with Crippen molar-refractivity contribution in [3.63, 3.8) is 0 Å². The van der Waals surface area contributed by atoms with Crippen molar-refractivity contribution in [2.75, 3.05) is 13.1 Å². The van der Waals surface area contributed by atoms with E-state index in [0.29, 0.717) is 6.54 Å². The van der Waals surface area contributed by atoms with Crippen molar-refractivity contribution in [2.45, 2.75) is 19.9 Å². The van der Waals surface area contributed by atoms with Crippen molar-refractivity contribution in [1.29, 1.82) is 0 Å². The van der Waals surface area contributed by atoms with Gasteiger partial charge in [0.2, 0.25) is 0 Å². The van der Waals surface area contributed by atoms with E-state index in [9.17, 15) is 13.6 Å². The van der Waals surface area contributed by atoms with Crippen LogP contribution in [0.3, 0.4) is 0 Å². The summed E-state index contributed by atoms with van der Waals surface area (Å²) in [5, 5.41) is 8.73. The Labute approximate surface area is 98.7 Å². The van der Waals surface area contributed by atoms with Crippen LogP contribution in [0.2, 0.25) is 0 Å². The Morgan fingerprint density at radius 1 is 1.47 bits per heavy atom. The lowest BCUT2D eigenvalue weighted by Gasteiger charge is -2.26. The number of carboxylic acids is 1. The molecule has 1 aromatic carbocycles. The highest BCUT2D eigenvalue weighted by molar-refractivity contribution is 5.69. The number of benzene rings is 1. The molecule has 0 fully saturated rings. The summed E-state index contributed by atoms with van der Waals surface area (Å²) in [5.74, 6) is -2.04. The van der Waals surface area contributed by atoms with Gasteiger partial charge in [0.25, 0.3) is 0 Å². The molecule has 5 heteroatoms. The van der Waals surface area contributed by atoms with Gasteiger partial charge in [0, 0.05) is 11.6 Å². The number of hydrogen-bond acceptors (Lipinski definition) is 2. The lowest BCUT2D eigenvalue weighted by Crippen LogP contribution is -2.32. The van der Waals surface area contributed by atoms with Crippen LogP contribution in [0.1, 0.15) is 25.5 Å². The van der Waals surface area contributed by atoms with Crippen molar-refractivity contribution in [1.82, 2.24) is 4.90 Å². The molecule has 0 radical (unpaired) electrons. The van der Waals surface area contributed by atoms with Crippen molar-refractivity contribution in [3.05, 3.63) is 35.4 Å². The third-order valence-electron chi connectivity index (χ3n) is 2.70. The topological polar surface area (TPSA) is 40.5 Å². The predicted octanol–water partition coefficient (Wildman–Crippen LogP) is 2.43. The Bertz CT molecular complexity index is 409. The molecule has 0 aromatic heterocycles. The molecular formula is C12H15F2NO2. The van der Waals surface area contributed by atoms with Crippen molar-refractivity contribution in [2.24, 2.45) is 0 Å². The highest BCUT2D eigenvalue weighted by Gasteiger charge is 2.20. The van der Waals surface area contributed by atoms with Gasteiger partial charge in [-0.05, 0) is 31.7 Å². The largest absolute Gasteiger partial charge is 0.480 e. The zero-order valence-corrected chi connectivity index (χ0v) is 9.78. The molecule has 0 aliphatic carbocycles. The number of nitrogens with zero attached hydrogens (tertiary/aromatic N) is 1. The smallest absolute Gasteiger partial charge is 0.317 e. The van der Waals surface area contributed by atoms with Gasteiger partial charge in [0.15, 0.2) is 0 Å². The van der Waals surface area contributed by atoms with Crippen LogP contribution in [-0.4, -0.2) is 29.1 Å². The van der Waals surface area contributed by atoms with Gasteiger partial charge in [0.1, 0.15) is 11.6 Å². The second-order valence-corrected chi connectivity index (χ2v) is 3.80. The standard InChI is InChI=1S/C12H15F2NO2/c1-3-15(7-12(16)17)8(2)10-6-9(13)4-5-11(10)14/h4-6,8H,3,7H2,1-2H3,(H,16,17). The molecule has 1 rings (SSSR count). The number of likely N-dealkylation sites (N-methyl/N-ethyl adjacent to an activating group) is 1. The highest BCUT2D eigenvalue weighted by atomic mass is 19.1. The fourth-order valence-electron chi connectivity index (χ4n) is 1.73. The third kappa shape index (κ3) is 3.49. The molecule has 1 N–H and O–H groups in total. The van der Waals surface area contributed by atoms with Gasteiger partial charge in [0.05, 0.1) is 6.54 Å². The Morgan fingerprint density at radius 2 is 2.12 bits per heavy atom. The summed E-state index contributed by atoms with van der Waals surface area (Å²) in [4.78, 5) is 12.2. The summed E-state index contributed by atoms with van der Waals surface area (Å²) in [6.45, 7) is 3.68. The maximum Gasteiger partial charge on any atom is 0.317 e. The van der Waals surface area contributed by atoms with Crippen molar-refractivity contribution in [3.8, 4) is 0 Å². The number of aliphatic carboxylic acids is 1. The van der Waals surface area contributed by atoms with Gasteiger partial charge >= 0.3 is 5.97 Å². The first-order valence-electron chi connectivity index (χ1n) is 5.36. The Morgan fingerprint density at radius 3 is 2.65 bits per heavy atom. The minimum absolute atomic E-state index is 0.174. The lowest BCUT2D eigenvalue weighted by molar-refractivity contribution is -0.138. The van der Waals surface area contributed by atoms with Crippen molar-refractivity contribution < 1.29 is 18.7 Å². The first-order valence-corrected chi connectivity index (χ1v) is 5.36. The zero-order valence-electron chi connectivity index (χ0n) is 9.78. The van der Waals surface area contributed by atoms with Gasteiger partial charge in [-0.25, -0.2) is 8.78 Å². The van der Waals surface area contributed by atoms with Gasteiger partial charge in [-0.1, -0.05) is 6.92 Å². The normalized spacial score (nSPS) is 12.8. The molecule has 94 valence electrons. The molecule has 0 saturated heterocycles. The highest BCUT2D eigenvalue weighted by Crippen LogP contribution is 2.23. The fourth-order valence-corrected chi connectivity index (χ4v) is 1.73. The maximum absolute atomic E-state index is 13.5. The lowest BCUT2D eigenvalue weighted by atomic mass is 10.1. The zero-order chi connectivity index (χ0) is 13.0. The second kappa shape index (κ2) is 5.72. The van der Waals surface area contributed by atoms with Crippen LogP contribution in [0.5, 0.6) is 0 Å². The van der Waals surface area contributed by atoms with Crippen LogP contribution in [-0.2, 0) is 4.79 Å². The van der Waals surface area contributed by atoms with Crippen LogP contribution in [0.25, 0.3) is 0 Å². The molecule has 0 bridgehead atoms. The average Bonchev–Trinajstić information content (AvgIpc) is 2.28. The number of carbonyl (C=O) groups is 1. The summed E-state index contributed by atoms with van der Waals surface area (Å²) >= 11 is 0.